The van der Waals surface area contributed by atoms with E-state index < -0.39 is 0 Å². The lowest BCUT2D eigenvalue weighted by Gasteiger charge is -2.32. The molecule has 0 atom stereocenters. The Labute approximate surface area is 182 Å². The van der Waals surface area contributed by atoms with Crippen LogP contribution in [0.5, 0.6) is 0 Å². The van der Waals surface area contributed by atoms with Crippen LogP contribution in [0.15, 0.2) is 77.5 Å². The van der Waals surface area contributed by atoms with Crippen LogP contribution in [-0.4, -0.2) is 30.6 Å². The summed E-state index contributed by atoms with van der Waals surface area (Å²) in [7, 11) is 0. The smallest absolute Gasteiger partial charge is 0.315 e. The highest BCUT2D eigenvalue weighted by molar-refractivity contribution is 7.07. The maximum Gasteiger partial charge on any atom is 0.315 e. The number of rotatable bonds is 7. The number of carbonyl (C=O) groups excluding carboxylic acids is 1. The van der Waals surface area contributed by atoms with Crippen LogP contribution in [0.2, 0.25) is 0 Å². The number of piperidine rings is 1. The number of nitrogens with zero attached hydrogens (tertiary/aromatic N) is 1. The Balaban J connectivity index is 1.27. The van der Waals surface area contributed by atoms with E-state index in [1.54, 1.807) is 11.3 Å². The van der Waals surface area contributed by atoms with Gasteiger partial charge >= 0.3 is 6.03 Å². The van der Waals surface area contributed by atoms with Crippen molar-refractivity contribution >= 4 is 17.4 Å². The van der Waals surface area contributed by atoms with Crippen molar-refractivity contribution in [2.75, 3.05) is 19.6 Å². The van der Waals surface area contributed by atoms with Crippen molar-refractivity contribution in [1.29, 1.82) is 0 Å². The van der Waals surface area contributed by atoms with Crippen molar-refractivity contribution < 1.29 is 4.79 Å². The lowest BCUT2D eigenvalue weighted by atomic mass is 9.96. The van der Waals surface area contributed by atoms with Crippen molar-refractivity contribution in [3.63, 3.8) is 0 Å². The van der Waals surface area contributed by atoms with Crippen molar-refractivity contribution in [2.45, 2.75) is 25.4 Å². The predicted molar refractivity (Wildman–Crippen MR) is 124 cm³/mol. The van der Waals surface area contributed by atoms with Gasteiger partial charge in [-0.05, 0) is 65.4 Å². The first-order valence-electron chi connectivity index (χ1n) is 10.7. The van der Waals surface area contributed by atoms with E-state index in [2.05, 4.69) is 56.6 Å². The summed E-state index contributed by atoms with van der Waals surface area (Å²) in [6.07, 6.45) is 2.26. The number of thiophene rings is 1. The minimum Gasteiger partial charge on any atom is -0.338 e. The van der Waals surface area contributed by atoms with E-state index in [9.17, 15) is 4.79 Å². The summed E-state index contributed by atoms with van der Waals surface area (Å²) in [5, 5.41) is 10.7. The lowest BCUT2D eigenvalue weighted by molar-refractivity contribution is 0.175. The second kappa shape index (κ2) is 10.4. The molecule has 0 saturated carbocycles. The Kier molecular flexibility index (Phi) is 7.16. The molecule has 0 bridgehead atoms. The molecule has 2 aromatic carbocycles. The van der Waals surface area contributed by atoms with Crippen LogP contribution in [0.3, 0.4) is 0 Å². The van der Waals surface area contributed by atoms with E-state index in [0.29, 0.717) is 5.92 Å². The van der Waals surface area contributed by atoms with Gasteiger partial charge in [0.2, 0.25) is 0 Å². The molecule has 0 aliphatic carbocycles. The fraction of sp³-hybridized carbons (Fsp3) is 0.320. The van der Waals surface area contributed by atoms with Gasteiger partial charge in [-0.1, -0.05) is 60.7 Å². The number of carbonyl (C=O) groups is 1. The summed E-state index contributed by atoms with van der Waals surface area (Å²) in [5.41, 5.74) is 3.57. The van der Waals surface area contributed by atoms with Gasteiger partial charge in [0, 0.05) is 13.1 Å². The van der Waals surface area contributed by atoms with E-state index in [-0.39, 0.29) is 12.1 Å². The number of hydrogen-bond donors (Lipinski definition) is 2. The third-order valence-corrected chi connectivity index (χ3v) is 6.52. The lowest BCUT2D eigenvalue weighted by Crippen LogP contribution is -2.43. The third kappa shape index (κ3) is 5.71. The highest BCUT2D eigenvalue weighted by Gasteiger charge is 2.21. The largest absolute Gasteiger partial charge is 0.338 e. The van der Waals surface area contributed by atoms with Crippen LogP contribution in [0.25, 0.3) is 0 Å². The Morgan fingerprint density at radius 3 is 2.17 bits per heavy atom. The van der Waals surface area contributed by atoms with Gasteiger partial charge in [0.05, 0.1) is 6.04 Å². The second-order valence-corrected chi connectivity index (χ2v) is 8.74. The quantitative estimate of drug-likeness (QED) is 0.563. The number of urea groups is 1. The third-order valence-electron chi connectivity index (χ3n) is 5.79. The first kappa shape index (κ1) is 20.6. The first-order valence-corrected chi connectivity index (χ1v) is 11.6. The van der Waals surface area contributed by atoms with Gasteiger partial charge in [-0.15, -0.1) is 0 Å². The summed E-state index contributed by atoms with van der Waals surface area (Å²) in [4.78, 5) is 15.2. The van der Waals surface area contributed by atoms with E-state index in [1.165, 1.54) is 5.56 Å². The topological polar surface area (TPSA) is 44.4 Å². The number of nitrogens with one attached hydrogen (secondary N) is 2. The number of likely N-dealkylation sites (tertiary alicyclic amines) is 1. The SMILES string of the molecule is O=C(NCC1CCN(Cc2ccsc2)CC1)NC(c1ccccc1)c1ccccc1. The van der Waals surface area contributed by atoms with Crippen LogP contribution in [0.1, 0.15) is 35.6 Å². The van der Waals surface area contributed by atoms with Crippen LogP contribution in [-0.2, 0) is 6.54 Å². The minimum absolute atomic E-state index is 0.103. The Morgan fingerprint density at radius 2 is 1.60 bits per heavy atom. The summed E-state index contributed by atoms with van der Waals surface area (Å²) in [5.74, 6) is 0.543. The molecule has 1 saturated heterocycles. The van der Waals surface area contributed by atoms with Gasteiger partial charge in [0.15, 0.2) is 0 Å². The number of benzene rings is 2. The molecule has 2 heterocycles. The molecule has 2 N–H and O–H groups in total. The molecule has 4 rings (SSSR count). The molecule has 1 aliphatic heterocycles. The Hall–Kier alpha value is -2.63. The molecule has 0 radical (unpaired) electrons. The normalized spacial score (nSPS) is 15.2. The monoisotopic (exact) mass is 419 g/mol. The van der Waals surface area contributed by atoms with E-state index >= 15 is 0 Å². The zero-order chi connectivity index (χ0) is 20.6. The number of hydrogen-bond acceptors (Lipinski definition) is 3. The molecule has 3 aromatic rings. The highest BCUT2D eigenvalue weighted by atomic mass is 32.1. The summed E-state index contributed by atoms with van der Waals surface area (Å²) >= 11 is 1.76. The summed E-state index contributed by atoms with van der Waals surface area (Å²) in [6, 6.07) is 22.2. The van der Waals surface area contributed by atoms with Crippen LogP contribution < -0.4 is 10.6 Å². The van der Waals surface area contributed by atoms with Gasteiger partial charge < -0.3 is 10.6 Å². The molecule has 2 amide bonds. The zero-order valence-electron chi connectivity index (χ0n) is 17.2. The van der Waals surface area contributed by atoms with Crippen LogP contribution in [0.4, 0.5) is 4.79 Å². The van der Waals surface area contributed by atoms with Gasteiger partial charge in [0.25, 0.3) is 0 Å². The Morgan fingerprint density at radius 1 is 0.967 bits per heavy atom. The van der Waals surface area contributed by atoms with Crippen LogP contribution >= 0.6 is 11.3 Å². The minimum atomic E-state index is -0.153. The molecular formula is C25H29N3OS. The first-order chi connectivity index (χ1) is 14.8. The van der Waals surface area contributed by atoms with Crippen molar-refractivity contribution in [3.05, 3.63) is 94.2 Å². The average Bonchev–Trinajstić information content (AvgIpc) is 3.31. The Bertz CT molecular complexity index is 851. The second-order valence-electron chi connectivity index (χ2n) is 7.96. The number of amides is 2. The molecule has 1 fully saturated rings. The summed E-state index contributed by atoms with van der Waals surface area (Å²) in [6.45, 7) is 3.97. The molecule has 30 heavy (non-hydrogen) atoms. The molecule has 4 nitrogen and oxygen atoms in total. The average molecular weight is 420 g/mol. The molecular weight excluding hydrogens is 390 g/mol. The van der Waals surface area contributed by atoms with E-state index in [0.717, 1.165) is 50.1 Å². The summed E-state index contributed by atoms with van der Waals surface area (Å²) < 4.78 is 0. The maximum absolute atomic E-state index is 12.7. The molecule has 1 aliphatic rings. The highest BCUT2D eigenvalue weighted by Crippen LogP contribution is 2.22. The fourth-order valence-electron chi connectivity index (χ4n) is 4.06. The van der Waals surface area contributed by atoms with Gasteiger partial charge in [-0.25, -0.2) is 4.79 Å². The van der Waals surface area contributed by atoms with E-state index in [1.807, 2.05) is 36.4 Å². The predicted octanol–water partition coefficient (Wildman–Crippen LogP) is 5.05. The van der Waals surface area contributed by atoms with E-state index in [4.69, 9.17) is 0 Å². The van der Waals surface area contributed by atoms with Gasteiger partial charge in [-0.3, -0.25) is 4.90 Å². The standard InChI is InChI=1S/C25H29N3OS/c29-25(26-17-20-11-14-28(15-12-20)18-21-13-16-30-19-21)27-24(22-7-3-1-4-8-22)23-9-5-2-6-10-23/h1-10,13,16,19-20,24H,11-12,14-15,17-18H2,(H2,26,27,29). The molecule has 1 aromatic heterocycles. The van der Waals surface area contributed by atoms with Crippen molar-refractivity contribution in [1.82, 2.24) is 15.5 Å². The van der Waals surface area contributed by atoms with Crippen LogP contribution in [0, 0.1) is 5.92 Å². The van der Waals surface area contributed by atoms with Gasteiger partial charge in [-0.2, -0.15) is 11.3 Å². The molecule has 0 unspecified atom stereocenters. The zero-order valence-corrected chi connectivity index (χ0v) is 18.0. The molecule has 0 spiro atoms. The maximum atomic E-state index is 12.7. The van der Waals surface area contributed by atoms with Crippen molar-refractivity contribution in [3.8, 4) is 0 Å². The molecule has 156 valence electrons. The molecule has 5 heteroatoms. The fourth-order valence-corrected chi connectivity index (χ4v) is 4.72. The van der Waals surface area contributed by atoms with Crippen molar-refractivity contribution in [2.24, 2.45) is 5.92 Å². The van der Waals surface area contributed by atoms with Gasteiger partial charge in [0.1, 0.15) is 0 Å².